The molecule has 1 aromatic heterocycles. The van der Waals surface area contributed by atoms with Crippen LogP contribution in [0.4, 0.5) is 4.39 Å². The number of nitrogens with one attached hydrogen (secondary N) is 1. The van der Waals surface area contributed by atoms with Gasteiger partial charge in [0.15, 0.2) is 9.84 Å². The van der Waals surface area contributed by atoms with Crippen molar-refractivity contribution in [1.82, 2.24) is 15.4 Å². The summed E-state index contributed by atoms with van der Waals surface area (Å²) in [6, 6.07) is 9.78. The second-order valence-electron chi connectivity index (χ2n) is 5.59. The second-order valence-corrected chi connectivity index (χ2v) is 7.60. The maximum Gasteiger partial charge on any atom is 0.362 e. The molecule has 0 bridgehead atoms. The molecule has 0 aliphatic rings. The van der Waals surface area contributed by atoms with E-state index in [0.29, 0.717) is 5.56 Å². The zero-order valence-electron chi connectivity index (χ0n) is 14.3. The Bertz CT molecular complexity index is 1230. The highest BCUT2D eigenvalue weighted by molar-refractivity contribution is 7.90. The molecule has 142 valence electrons. The number of ether oxygens (including phenoxy) is 1. The number of aromatic carboxylic acids is 1. The minimum Gasteiger partial charge on any atom is -0.476 e. The van der Waals surface area contributed by atoms with Gasteiger partial charge in [-0.15, -0.1) is 5.10 Å². The Labute approximate surface area is 158 Å². The molecular formula is C18H12FN3O5S. The summed E-state index contributed by atoms with van der Waals surface area (Å²) in [6.45, 7) is 0. The van der Waals surface area contributed by atoms with Gasteiger partial charge in [-0.3, -0.25) is 0 Å². The van der Waals surface area contributed by atoms with Gasteiger partial charge in [-0.25, -0.2) is 22.7 Å². The quantitative estimate of drug-likeness (QED) is 0.643. The molecule has 0 aliphatic carbocycles. The van der Waals surface area contributed by atoms with Crippen LogP contribution in [-0.2, 0) is 9.84 Å². The van der Waals surface area contributed by atoms with Crippen molar-refractivity contribution in [2.45, 2.75) is 4.90 Å². The summed E-state index contributed by atoms with van der Waals surface area (Å²) in [4.78, 5) is 11.1. The number of hydrogen-bond acceptors (Lipinski definition) is 6. The van der Waals surface area contributed by atoms with E-state index >= 15 is 0 Å². The number of aromatic amines is 1. The maximum absolute atomic E-state index is 14.3. The fraction of sp³-hybridized carbons (Fsp3) is 0.0556. The molecule has 28 heavy (non-hydrogen) atoms. The lowest BCUT2D eigenvalue weighted by Gasteiger charge is -2.04. The van der Waals surface area contributed by atoms with Crippen molar-refractivity contribution < 1.29 is 27.4 Å². The Morgan fingerprint density at radius 3 is 2.68 bits per heavy atom. The lowest BCUT2D eigenvalue weighted by Crippen LogP contribution is -2.00. The summed E-state index contributed by atoms with van der Waals surface area (Å²) < 4.78 is 42.7. The first-order valence-corrected chi connectivity index (χ1v) is 9.57. The zero-order chi connectivity index (χ0) is 20.3. The van der Waals surface area contributed by atoms with Crippen molar-refractivity contribution in [3.8, 4) is 23.5 Å². The molecule has 0 saturated carbocycles. The van der Waals surface area contributed by atoms with Gasteiger partial charge in [0.2, 0.25) is 5.69 Å². The molecule has 3 aromatic rings. The van der Waals surface area contributed by atoms with Crippen molar-refractivity contribution in [2.24, 2.45) is 0 Å². The summed E-state index contributed by atoms with van der Waals surface area (Å²) in [5, 5.41) is 17.9. The molecule has 0 radical (unpaired) electrons. The number of nitrogens with zero attached hydrogens (tertiary/aromatic N) is 2. The van der Waals surface area contributed by atoms with Crippen LogP contribution in [0.1, 0.15) is 21.6 Å². The van der Waals surface area contributed by atoms with Crippen LogP contribution >= 0.6 is 0 Å². The highest BCUT2D eigenvalue weighted by atomic mass is 32.2. The minimum absolute atomic E-state index is 0.0238. The van der Waals surface area contributed by atoms with Crippen LogP contribution in [0.15, 0.2) is 47.4 Å². The molecule has 0 amide bonds. The summed E-state index contributed by atoms with van der Waals surface area (Å²) in [5.41, 5.74) is 0.0330. The molecular weight excluding hydrogens is 389 g/mol. The van der Waals surface area contributed by atoms with Crippen LogP contribution in [0.5, 0.6) is 11.6 Å². The average Bonchev–Trinajstić information content (AvgIpc) is 3.09. The lowest BCUT2D eigenvalue weighted by atomic mass is 10.1. The first kappa shape index (κ1) is 19.1. The monoisotopic (exact) mass is 401 g/mol. The van der Waals surface area contributed by atoms with Crippen molar-refractivity contribution in [3.05, 3.63) is 65.1 Å². The van der Waals surface area contributed by atoms with E-state index in [1.54, 1.807) is 12.1 Å². The van der Waals surface area contributed by atoms with Gasteiger partial charge in [-0.05, 0) is 30.3 Å². The third-order valence-electron chi connectivity index (χ3n) is 3.48. The zero-order valence-corrected chi connectivity index (χ0v) is 15.1. The van der Waals surface area contributed by atoms with Gasteiger partial charge in [0.1, 0.15) is 11.6 Å². The topological polar surface area (TPSA) is 122 Å². The van der Waals surface area contributed by atoms with Crippen LogP contribution in [0.2, 0.25) is 0 Å². The van der Waals surface area contributed by atoms with Gasteiger partial charge < -0.3 is 9.84 Å². The lowest BCUT2D eigenvalue weighted by molar-refractivity contribution is 0.0687. The standard InChI is InChI=1S/C18H12FN3O5S/c1-28(25,26)14-4-2-3-11(9-14)5-6-12-7-8-13(10-15(12)19)27-17-16(18(23)24)20-22-21-17/h2-4,7-10H,1H3,(H,23,24)(H,20,21,22). The fourth-order valence-electron chi connectivity index (χ4n) is 2.15. The van der Waals surface area contributed by atoms with Crippen LogP contribution in [0, 0.1) is 17.7 Å². The number of carboxylic acid groups (broad SMARTS) is 1. The first-order valence-electron chi connectivity index (χ1n) is 7.68. The number of sulfone groups is 1. The number of aromatic nitrogens is 3. The molecule has 3 rings (SSSR count). The maximum atomic E-state index is 14.3. The average molecular weight is 401 g/mol. The van der Waals surface area contributed by atoms with Gasteiger partial charge >= 0.3 is 5.97 Å². The number of rotatable bonds is 4. The Morgan fingerprint density at radius 2 is 2.00 bits per heavy atom. The van der Waals surface area contributed by atoms with Gasteiger partial charge in [0, 0.05) is 17.9 Å². The van der Waals surface area contributed by atoms with E-state index in [1.807, 2.05) is 0 Å². The highest BCUT2D eigenvalue weighted by Crippen LogP contribution is 2.23. The number of halogens is 1. The normalized spacial score (nSPS) is 10.8. The number of benzene rings is 2. The second kappa shape index (κ2) is 7.50. The molecule has 0 unspecified atom stereocenters. The Hall–Kier alpha value is -3.71. The molecule has 8 nitrogen and oxygen atoms in total. The largest absolute Gasteiger partial charge is 0.476 e. The van der Waals surface area contributed by atoms with E-state index in [4.69, 9.17) is 9.84 Å². The Morgan fingerprint density at radius 1 is 1.21 bits per heavy atom. The summed E-state index contributed by atoms with van der Waals surface area (Å²) in [7, 11) is -3.37. The third kappa shape index (κ3) is 4.33. The molecule has 0 saturated heterocycles. The van der Waals surface area contributed by atoms with E-state index in [9.17, 15) is 17.6 Å². The number of carboxylic acids is 1. The first-order chi connectivity index (χ1) is 13.2. The number of hydrogen-bond donors (Lipinski definition) is 2. The smallest absolute Gasteiger partial charge is 0.362 e. The summed E-state index contributed by atoms with van der Waals surface area (Å²) in [6.07, 6.45) is 1.09. The van der Waals surface area contributed by atoms with Gasteiger partial charge in [0.05, 0.1) is 10.5 Å². The SMILES string of the molecule is CS(=O)(=O)c1cccc(C#Cc2ccc(Oc3[nH]nnc3C(=O)O)cc2F)c1. The molecule has 2 aromatic carbocycles. The predicted molar refractivity (Wildman–Crippen MR) is 95.3 cm³/mol. The van der Waals surface area contributed by atoms with E-state index in [1.165, 1.54) is 24.3 Å². The summed E-state index contributed by atoms with van der Waals surface area (Å²) >= 11 is 0. The van der Waals surface area contributed by atoms with Crippen LogP contribution in [0.25, 0.3) is 0 Å². The van der Waals surface area contributed by atoms with E-state index in [2.05, 4.69) is 27.3 Å². The van der Waals surface area contributed by atoms with Crippen molar-refractivity contribution >= 4 is 15.8 Å². The van der Waals surface area contributed by atoms with Crippen LogP contribution < -0.4 is 4.74 Å². The van der Waals surface area contributed by atoms with Gasteiger partial charge in [0.25, 0.3) is 5.88 Å². The Balaban J connectivity index is 1.84. The van der Waals surface area contributed by atoms with Crippen molar-refractivity contribution in [2.75, 3.05) is 6.26 Å². The molecule has 0 fully saturated rings. The van der Waals surface area contributed by atoms with E-state index in [0.717, 1.165) is 12.3 Å². The molecule has 10 heteroatoms. The van der Waals surface area contributed by atoms with Gasteiger partial charge in [-0.2, -0.15) is 0 Å². The summed E-state index contributed by atoms with van der Waals surface area (Å²) in [5.74, 6) is 3.07. The van der Waals surface area contributed by atoms with E-state index in [-0.39, 0.29) is 22.1 Å². The van der Waals surface area contributed by atoms with Crippen molar-refractivity contribution in [1.29, 1.82) is 0 Å². The highest BCUT2D eigenvalue weighted by Gasteiger charge is 2.17. The molecule has 2 N–H and O–H groups in total. The number of H-pyrrole nitrogens is 1. The van der Waals surface area contributed by atoms with E-state index < -0.39 is 27.3 Å². The van der Waals surface area contributed by atoms with Crippen molar-refractivity contribution in [3.63, 3.8) is 0 Å². The van der Waals surface area contributed by atoms with Crippen LogP contribution in [0.3, 0.4) is 0 Å². The van der Waals surface area contributed by atoms with Crippen LogP contribution in [-0.4, -0.2) is 41.2 Å². The van der Waals surface area contributed by atoms with Gasteiger partial charge in [-0.1, -0.05) is 23.1 Å². The fourth-order valence-corrected chi connectivity index (χ4v) is 2.82. The molecule has 0 aliphatic heterocycles. The minimum atomic E-state index is -3.37. The molecule has 0 spiro atoms. The number of carbonyl (C=O) groups is 1. The molecule has 0 atom stereocenters. The predicted octanol–water partition coefficient (Wildman–Crippen LogP) is 2.24. The third-order valence-corrected chi connectivity index (χ3v) is 4.59. The molecule has 1 heterocycles. The Kier molecular flexibility index (Phi) is 5.10.